The number of aliphatic hydroxyl groups is 1. The number of pyridine rings is 1. The van der Waals surface area contributed by atoms with Gasteiger partial charge in [-0.2, -0.15) is 0 Å². The maximum absolute atomic E-state index is 10.6. The third-order valence-corrected chi connectivity index (χ3v) is 3.59. The molecule has 3 aromatic rings. The van der Waals surface area contributed by atoms with E-state index in [0.29, 0.717) is 5.02 Å². The van der Waals surface area contributed by atoms with Gasteiger partial charge in [0, 0.05) is 28.4 Å². The summed E-state index contributed by atoms with van der Waals surface area (Å²) in [5.41, 5.74) is 2.61. The summed E-state index contributed by atoms with van der Waals surface area (Å²) in [5.74, 6) is 0. The van der Waals surface area contributed by atoms with Crippen molar-refractivity contribution in [2.45, 2.75) is 13.0 Å². The highest BCUT2D eigenvalue weighted by molar-refractivity contribution is 6.30. The lowest BCUT2D eigenvalue weighted by Crippen LogP contribution is -2.02. The Kier molecular flexibility index (Phi) is 3.43. The summed E-state index contributed by atoms with van der Waals surface area (Å²) >= 11 is 6.07. The number of aromatic nitrogens is 1. The molecule has 1 heterocycles. The third-order valence-electron chi connectivity index (χ3n) is 3.37. The van der Waals surface area contributed by atoms with Gasteiger partial charge in [0.15, 0.2) is 0 Å². The quantitative estimate of drug-likeness (QED) is 0.761. The summed E-state index contributed by atoms with van der Waals surface area (Å²) < 4.78 is 0. The second kappa shape index (κ2) is 5.23. The molecule has 1 atom stereocenters. The molecule has 0 aliphatic heterocycles. The van der Waals surface area contributed by atoms with E-state index >= 15 is 0 Å². The van der Waals surface area contributed by atoms with E-state index in [2.05, 4.69) is 4.98 Å². The fourth-order valence-electron chi connectivity index (χ4n) is 2.46. The topological polar surface area (TPSA) is 33.1 Å². The van der Waals surface area contributed by atoms with Crippen molar-refractivity contribution in [1.82, 2.24) is 4.98 Å². The molecule has 0 bridgehead atoms. The molecule has 0 radical (unpaired) electrons. The van der Waals surface area contributed by atoms with E-state index in [9.17, 15) is 5.11 Å². The molecule has 3 heteroatoms. The van der Waals surface area contributed by atoms with Crippen LogP contribution in [0.1, 0.15) is 22.8 Å². The van der Waals surface area contributed by atoms with Crippen LogP contribution in [0, 0.1) is 6.92 Å². The van der Waals surface area contributed by atoms with E-state index in [0.717, 1.165) is 27.5 Å². The molecule has 20 heavy (non-hydrogen) atoms. The Morgan fingerprint density at radius 2 is 1.90 bits per heavy atom. The fraction of sp³-hybridized carbons (Fsp3) is 0.118. The number of rotatable bonds is 2. The highest BCUT2D eigenvalue weighted by atomic mass is 35.5. The first kappa shape index (κ1) is 13.1. The van der Waals surface area contributed by atoms with Crippen molar-refractivity contribution in [2.75, 3.05) is 0 Å². The van der Waals surface area contributed by atoms with Gasteiger partial charge >= 0.3 is 0 Å². The van der Waals surface area contributed by atoms with Gasteiger partial charge in [-0.25, -0.2) is 0 Å². The first-order chi connectivity index (χ1) is 9.65. The smallest absolute Gasteiger partial charge is 0.106 e. The largest absolute Gasteiger partial charge is 0.384 e. The molecule has 1 aromatic heterocycles. The van der Waals surface area contributed by atoms with Gasteiger partial charge < -0.3 is 5.11 Å². The van der Waals surface area contributed by atoms with Crippen LogP contribution in [0.3, 0.4) is 0 Å². The molecule has 0 aliphatic carbocycles. The number of aliphatic hydroxyl groups excluding tert-OH is 1. The van der Waals surface area contributed by atoms with E-state index in [1.165, 1.54) is 0 Å². The van der Waals surface area contributed by atoms with Gasteiger partial charge in [-0.1, -0.05) is 41.9 Å². The molecule has 2 aromatic carbocycles. The third kappa shape index (κ3) is 2.40. The summed E-state index contributed by atoms with van der Waals surface area (Å²) in [4.78, 5) is 4.21. The SMILES string of the molecule is Cc1cc(Cl)cc(C(O)c2cncc3ccccc23)c1. The Hall–Kier alpha value is -1.90. The molecule has 1 N–H and O–H groups in total. The van der Waals surface area contributed by atoms with Crippen LogP contribution >= 0.6 is 11.6 Å². The lowest BCUT2D eigenvalue weighted by Gasteiger charge is -2.14. The van der Waals surface area contributed by atoms with Crippen LogP contribution in [0.4, 0.5) is 0 Å². The van der Waals surface area contributed by atoms with Crippen LogP contribution in [-0.2, 0) is 0 Å². The minimum Gasteiger partial charge on any atom is -0.384 e. The average molecular weight is 284 g/mol. The summed E-state index contributed by atoms with van der Waals surface area (Å²) in [7, 11) is 0. The molecule has 0 amide bonds. The molecule has 0 aliphatic rings. The number of hydrogen-bond acceptors (Lipinski definition) is 2. The summed E-state index contributed by atoms with van der Waals surface area (Å²) in [5, 5.41) is 13.3. The minimum atomic E-state index is -0.731. The first-order valence-corrected chi connectivity index (χ1v) is 6.81. The Balaban J connectivity index is 2.15. The first-order valence-electron chi connectivity index (χ1n) is 6.43. The standard InChI is InChI=1S/C17H14ClNO/c1-11-6-13(8-14(18)7-11)17(20)16-10-19-9-12-4-2-3-5-15(12)16/h2-10,17,20H,1H3. The van der Waals surface area contributed by atoms with Crippen molar-refractivity contribution in [3.8, 4) is 0 Å². The van der Waals surface area contributed by atoms with Crippen molar-refractivity contribution < 1.29 is 5.11 Å². The number of fused-ring (bicyclic) bond motifs is 1. The van der Waals surface area contributed by atoms with E-state index in [4.69, 9.17) is 11.6 Å². The minimum absolute atomic E-state index is 0.632. The van der Waals surface area contributed by atoms with Crippen molar-refractivity contribution in [2.24, 2.45) is 0 Å². The van der Waals surface area contributed by atoms with Crippen LogP contribution in [-0.4, -0.2) is 10.1 Å². The lowest BCUT2D eigenvalue weighted by molar-refractivity contribution is 0.221. The predicted octanol–water partition coefficient (Wildman–Crippen LogP) is 4.28. The molecule has 3 rings (SSSR count). The monoisotopic (exact) mass is 283 g/mol. The van der Waals surface area contributed by atoms with E-state index < -0.39 is 6.10 Å². The highest BCUT2D eigenvalue weighted by Gasteiger charge is 2.14. The van der Waals surface area contributed by atoms with Crippen LogP contribution in [0.2, 0.25) is 5.02 Å². The summed E-state index contributed by atoms with van der Waals surface area (Å²) in [6.07, 6.45) is 2.78. The summed E-state index contributed by atoms with van der Waals surface area (Å²) in [6, 6.07) is 13.5. The van der Waals surface area contributed by atoms with Gasteiger partial charge in [0.2, 0.25) is 0 Å². The van der Waals surface area contributed by atoms with E-state index in [1.807, 2.05) is 43.3 Å². The van der Waals surface area contributed by atoms with Gasteiger partial charge in [-0.3, -0.25) is 4.98 Å². The molecule has 1 unspecified atom stereocenters. The van der Waals surface area contributed by atoms with Crippen LogP contribution < -0.4 is 0 Å². The second-order valence-electron chi connectivity index (χ2n) is 4.91. The Morgan fingerprint density at radius 3 is 2.70 bits per heavy atom. The van der Waals surface area contributed by atoms with Gasteiger partial charge in [0.1, 0.15) is 6.10 Å². The Labute approximate surface area is 122 Å². The molecular formula is C17H14ClNO. The molecule has 0 saturated heterocycles. The molecule has 0 spiro atoms. The zero-order valence-corrected chi connectivity index (χ0v) is 11.8. The van der Waals surface area contributed by atoms with Crippen molar-refractivity contribution in [3.63, 3.8) is 0 Å². The maximum Gasteiger partial charge on any atom is 0.106 e. The number of benzene rings is 2. The zero-order valence-electron chi connectivity index (χ0n) is 11.0. The number of hydrogen-bond donors (Lipinski definition) is 1. The predicted molar refractivity (Wildman–Crippen MR) is 82.0 cm³/mol. The van der Waals surface area contributed by atoms with Crippen molar-refractivity contribution >= 4 is 22.4 Å². The molecule has 2 nitrogen and oxygen atoms in total. The highest BCUT2D eigenvalue weighted by Crippen LogP contribution is 2.29. The second-order valence-corrected chi connectivity index (χ2v) is 5.35. The molecule has 0 fully saturated rings. The van der Waals surface area contributed by atoms with Gasteiger partial charge in [0.25, 0.3) is 0 Å². The summed E-state index contributed by atoms with van der Waals surface area (Å²) in [6.45, 7) is 1.96. The molecular weight excluding hydrogens is 270 g/mol. The normalized spacial score (nSPS) is 12.6. The van der Waals surface area contributed by atoms with Crippen LogP contribution in [0.15, 0.2) is 54.9 Å². The van der Waals surface area contributed by atoms with Crippen LogP contribution in [0.25, 0.3) is 10.8 Å². The van der Waals surface area contributed by atoms with Gasteiger partial charge in [-0.05, 0) is 35.6 Å². The Bertz CT molecular complexity index is 744. The number of aryl methyl sites for hydroxylation is 1. The number of nitrogens with zero attached hydrogens (tertiary/aromatic N) is 1. The maximum atomic E-state index is 10.6. The zero-order chi connectivity index (χ0) is 14.1. The van der Waals surface area contributed by atoms with Crippen molar-refractivity contribution in [1.29, 1.82) is 0 Å². The average Bonchev–Trinajstić information content (AvgIpc) is 2.45. The lowest BCUT2D eigenvalue weighted by atomic mass is 9.97. The van der Waals surface area contributed by atoms with E-state index in [-0.39, 0.29) is 0 Å². The molecule has 100 valence electrons. The Morgan fingerprint density at radius 1 is 1.10 bits per heavy atom. The van der Waals surface area contributed by atoms with Crippen molar-refractivity contribution in [3.05, 3.63) is 76.6 Å². The molecule has 0 saturated carbocycles. The van der Waals surface area contributed by atoms with Gasteiger partial charge in [-0.15, -0.1) is 0 Å². The van der Waals surface area contributed by atoms with E-state index in [1.54, 1.807) is 18.5 Å². The van der Waals surface area contributed by atoms with Crippen LogP contribution in [0.5, 0.6) is 0 Å². The van der Waals surface area contributed by atoms with Gasteiger partial charge in [0.05, 0.1) is 0 Å². The number of halogens is 1. The fourth-order valence-corrected chi connectivity index (χ4v) is 2.76.